The first-order chi connectivity index (χ1) is 12.5. The van der Waals surface area contributed by atoms with Crippen molar-refractivity contribution in [2.24, 2.45) is 11.8 Å². The topological polar surface area (TPSA) is 72.3 Å². The van der Waals surface area contributed by atoms with Gasteiger partial charge in [0.1, 0.15) is 5.82 Å². The second-order valence-corrected chi connectivity index (χ2v) is 9.94. The number of allylic oxidation sites excluding steroid dienone is 1. The second-order valence-electron chi connectivity index (χ2n) is 8.01. The van der Waals surface area contributed by atoms with Gasteiger partial charge in [-0.05, 0) is 31.6 Å². The van der Waals surface area contributed by atoms with Crippen LogP contribution in [0.1, 0.15) is 50.3 Å². The Labute approximate surface area is 155 Å². The molecule has 0 aromatic carbocycles. The number of carbonyl (C=O) groups excluding carboxylic acids is 1. The summed E-state index contributed by atoms with van der Waals surface area (Å²) in [5, 5.41) is 1.25. The van der Waals surface area contributed by atoms with Crippen LogP contribution in [0.2, 0.25) is 0 Å². The maximum atomic E-state index is 12.5. The normalized spacial score (nSPS) is 26.2. The highest BCUT2D eigenvalue weighted by Crippen LogP contribution is 2.32. The molecule has 26 heavy (non-hydrogen) atoms. The summed E-state index contributed by atoms with van der Waals surface area (Å²) < 4.78 is 25.3. The molecule has 142 valence electrons. The number of hydrogen-bond acceptors (Lipinski definition) is 4. The van der Waals surface area contributed by atoms with Gasteiger partial charge in [0.05, 0.1) is 5.75 Å². The molecule has 2 aliphatic heterocycles. The van der Waals surface area contributed by atoms with Gasteiger partial charge >= 0.3 is 0 Å². The lowest BCUT2D eigenvalue weighted by atomic mass is 9.85. The van der Waals surface area contributed by atoms with Gasteiger partial charge in [0.2, 0.25) is 5.91 Å². The lowest BCUT2D eigenvalue weighted by Gasteiger charge is -2.33. The molecule has 1 saturated heterocycles. The maximum Gasteiger partial charge on any atom is 0.223 e. The van der Waals surface area contributed by atoms with Gasteiger partial charge in [-0.25, -0.2) is 13.4 Å². The van der Waals surface area contributed by atoms with Gasteiger partial charge < -0.3 is 9.47 Å². The van der Waals surface area contributed by atoms with Crippen molar-refractivity contribution in [1.29, 1.82) is 0 Å². The Morgan fingerprint density at radius 2 is 1.96 bits per heavy atom. The summed E-state index contributed by atoms with van der Waals surface area (Å²) in [5.74, 6) is 2.39. The predicted molar refractivity (Wildman–Crippen MR) is 99.2 cm³/mol. The summed E-state index contributed by atoms with van der Waals surface area (Å²) in [4.78, 5) is 19.0. The van der Waals surface area contributed by atoms with Crippen LogP contribution in [0.4, 0.5) is 0 Å². The van der Waals surface area contributed by atoms with Crippen LogP contribution in [0.25, 0.3) is 0 Å². The molecule has 1 saturated carbocycles. The Bertz CT molecular complexity index is 787. The van der Waals surface area contributed by atoms with E-state index in [2.05, 4.69) is 15.7 Å². The smallest absolute Gasteiger partial charge is 0.223 e. The van der Waals surface area contributed by atoms with Crippen molar-refractivity contribution in [3.63, 3.8) is 0 Å². The third-order valence-electron chi connectivity index (χ3n) is 6.08. The Morgan fingerprint density at radius 1 is 1.19 bits per heavy atom. The third kappa shape index (κ3) is 3.87. The van der Waals surface area contributed by atoms with Crippen LogP contribution in [0.3, 0.4) is 0 Å². The minimum Gasteiger partial charge on any atom is -0.343 e. The van der Waals surface area contributed by atoms with Gasteiger partial charge in [0, 0.05) is 55.7 Å². The molecule has 1 amide bonds. The average molecular weight is 378 g/mol. The second kappa shape index (κ2) is 7.18. The average Bonchev–Trinajstić information content (AvgIpc) is 3.17. The van der Waals surface area contributed by atoms with Crippen LogP contribution in [0.15, 0.2) is 23.9 Å². The predicted octanol–water partition coefficient (Wildman–Crippen LogP) is 2.34. The summed E-state index contributed by atoms with van der Waals surface area (Å²) in [6, 6.07) is 0. The van der Waals surface area contributed by atoms with Gasteiger partial charge in [-0.15, -0.1) is 0 Å². The van der Waals surface area contributed by atoms with E-state index in [-0.39, 0.29) is 17.6 Å². The molecule has 7 heteroatoms. The molecule has 3 aliphatic rings. The maximum absolute atomic E-state index is 12.5. The van der Waals surface area contributed by atoms with E-state index in [9.17, 15) is 13.2 Å². The van der Waals surface area contributed by atoms with Gasteiger partial charge in [-0.2, -0.15) is 0 Å². The molecule has 0 unspecified atom stereocenters. The summed E-state index contributed by atoms with van der Waals surface area (Å²) >= 11 is 0. The molecule has 0 radical (unpaired) electrons. The SMILES string of the molecule is O=C(C[C@@H]1C=CS(=O)(=O)C1)N1CCC(c2nccn2CC2CCC2)CC1. The fourth-order valence-electron chi connectivity index (χ4n) is 4.30. The first-order valence-corrected chi connectivity index (χ1v) is 11.4. The van der Waals surface area contributed by atoms with Crippen LogP contribution < -0.4 is 0 Å². The van der Waals surface area contributed by atoms with E-state index in [1.165, 1.54) is 30.5 Å². The van der Waals surface area contributed by atoms with E-state index in [0.29, 0.717) is 12.3 Å². The fraction of sp³-hybridized carbons (Fsp3) is 0.684. The standard InChI is InChI=1S/C19H27N3O3S/c23-18(12-16-6-11-26(24,25)14-16)21-8-4-17(5-9-21)19-20-7-10-22(19)13-15-2-1-3-15/h6-7,10-11,15-17H,1-5,8-9,12-14H2/t16-/m0/s1. The highest BCUT2D eigenvalue weighted by atomic mass is 32.2. The highest BCUT2D eigenvalue weighted by Gasteiger charge is 2.30. The zero-order valence-corrected chi connectivity index (χ0v) is 15.9. The lowest BCUT2D eigenvalue weighted by Crippen LogP contribution is -2.39. The van der Waals surface area contributed by atoms with E-state index in [1.54, 1.807) is 6.08 Å². The number of imidazole rings is 1. The molecule has 0 N–H and O–H groups in total. The minimum absolute atomic E-state index is 0.0769. The van der Waals surface area contributed by atoms with Crippen LogP contribution in [-0.4, -0.2) is 47.6 Å². The number of aromatic nitrogens is 2. The van der Waals surface area contributed by atoms with Gasteiger partial charge in [-0.1, -0.05) is 12.5 Å². The Hall–Kier alpha value is -1.63. The van der Waals surface area contributed by atoms with Crippen LogP contribution in [0, 0.1) is 11.8 Å². The summed E-state index contributed by atoms with van der Waals surface area (Å²) in [6.45, 7) is 2.56. The molecular weight excluding hydrogens is 350 g/mol. The van der Waals surface area contributed by atoms with Crippen LogP contribution in [-0.2, 0) is 21.2 Å². The molecule has 2 fully saturated rings. The molecule has 1 atom stereocenters. The number of likely N-dealkylation sites (tertiary alicyclic amines) is 1. The van der Waals surface area contributed by atoms with E-state index in [4.69, 9.17) is 0 Å². The molecular formula is C19H27N3O3S. The molecule has 3 heterocycles. The zero-order valence-electron chi connectivity index (χ0n) is 15.1. The van der Waals surface area contributed by atoms with Gasteiger partial charge in [0.25, 0.3) is 0 Å². The number of nitrogens with zero attached hydrogens (tertiary/aromatic N) is 3. The summed E-state index contributed by atoms with van der Waals surface area (Å²) in [5.41, 5.74) is 0. The summed E-state index contributed by atoms with van der Waals surface area (Å²) in [6.07, 6.45) is 11.8. The Kier molecular flexibility index (Phi) is 4.90. The minimum atomic E-state index is -3.08. The largest absolute Gasteiger partial charge is 0.343 e. The van der Waals surface area contributed by atoms with Crippen molar-refractivity contribution >= 4 is 15.7 Å². The van der Waals surface area contributed by atoms with Crippen molar-refractivity contribution in [2.75, 3.05) is 18.8 Å². The lowest BCUT2D eigenvalue weighted by molar-refractivity contribution is -0.132. The number of piperidine rings is 1. The number of sulfone groups is 1. The van der Waals surface area contributed by atoms with Gasteiger partial charge in [0.15, 0.2) is 9.84 Å². The van der Waals surface area contributed by atoms with Crippen molar-refractivity contribution in [2.45, 2.75) is 51.0 Å². The molecule has 0 spiro atoms. The Balaban J connectivity index is 1.29. The van der Waals surface area contributed by atoms with Crippen molar-refractivity contribution in [1.82, 2.24) is 14.5 Å². The van der Waals surface area contributed by atoms with Crippen LogP contribution in [0.5, 0.6) is 0 Å². The quantitative estimate of drug-likeness (QED) is 0.789. The van der Waals surface area contributed by atoms with Crippen molar-refractivity contribution < 1.29 is 13.2 Å². The van der Waals surface area contributed by atoms with Gasteiger partial charge in [-0.3, -0.25) is 4.79 Å². The molecule has 1 aromatic rings. The number of hydrogen-bond donors (Lipinski definition) is 0. The van der Waals surface area contributed by atoms with E-state index < -0.39 is 9.84 Å². The molecule has 1 aromatic heterocycles. The van der Waals surface area contributed by atoms with E-state index in [1.807, 2.05) is 11.1 Å². The zero-order chi connectivity index (χ0) is 18.1. The molecule has 6 nitrogen and oxygen atoms in total. The fourth-order valence-corrected chi connectivity index (χ4v) is 5.69. The van der Waals surface area contributed by atoms with Crippen molar-refractivity contribution in [3.05, 3.63) is 29.7 Å². The monoisotopic (exact) mass is 377 g/mol. The van der Waals surface area contributed by atoms with Crippen LogP contribution >= 0.6 is 0 Å². The molecule has 0 bridgehead atoms. The van der Waals surface area contributed by atoms with E-state index in [0.717, 1.165) is 38.4 Å². The molecule has 4 rings (SSSR count). The Morgan fingerprint density at radius 3 is 2.58 bits per heavy atom. The molecule has 1 aliphatic carbocycles. The number of rotatable bonds is 5. The number of carbonyl (C=O) groups is 1. The first-order valence-electron chi connectivity index (χ1n) is 9.70. The van der Waals surface area contributed by atoms with E-state index >= 15 is 0 Å². The van der Waals surface area contributed by atoms with Crippen molar-refractivity contribution in [3.8, 4) is 0 Å². The summed E-state index contributed by atoms with van der Waals surface area (Å²) in [7, 11) is -3.08. The number of amides is 1. The highest BCUT2D eigenvalue weighted by molar-refractivity contribution is 7.94. The first kappa shape index (κ1) is 17.8. The third-order valence-corrected chi connectivity index (χ3v) is 7.55.